The first-order valence-electron chi connectivity index (χ1n) is 7.88. The fourth-order valence-electron chi connectivity index (χ4n) is 2.55. The average molecular weight is 345 g/mol. The summed E-state index contributed by atoms with van der Waals surface area (Å²) in [4.78, 5) is 4.17. The highest BCUT2D eigenvalue weighted by Crippen LogP contribution is 2.29. The Morgan fingerprint density at radius 2 is 1.60 bits per heavy atom. The van der Waals surface area contributed by atoms with Crippen molar-refractivity contribution in [2.75, 3.05) is 11.5 Å². The second kappa shape index (κ2) is 6.46. The lowest BCUT2D eigenvalue weighted by molar-refractivity contribution is 0.0746. The minimum atomic E-state index is -1.22. The molecule has 0 atom stereocenters. The summed E-state index contributed by atoms with van der Waals surface area (Å²) in [6, 6.07) is 4.36. The molecule has 1 aromatic carbocycles. The highest BCUT2D eigenvalue weighted by atomic mass is 19.1. The molecule has 25 heavy (non-hydrogen) atoms. The Hall–Kier alpha value is -2.44. The standard InChI is InChI=1S/C19H24FN3O2/c1-18(2,24)13-9-14(20)12(8-15(13)21)6-5-11-7-16(22)17(23-10-11)19(3,4)25/h5-10,24-25H,21-22H2,1-4H3/b6-5+. The van der Waals surface area contributed by atoms with Crippen LogP contribution in [0.15, 0.2) is 24.4 Å². The van der Waals surface area contributed by atoms with Crippen LogP contribution in [-0.4, -0.2) is 15.2 Å². The van der Waals surface area contributed by atoms with E-state index in [0.29, 0.717) is 28.2 Å². The van der Waals surface area contributed by atoms with Gasteiger partial charge >= 0.3 is 0 Å². The lowest BCUT2D eigenvalue weighted by atomic mass is 9.94. The van der Waals surface area contributed by atoms with Crippen LogP contribution >= 0.6 is 0 Å². The average Bonchev–Trinajstić information content (AvgIpc) is 2.45. The van der Waals surface area contributed by atoms with E-state index in [-0.39, 0.29) is 5.56 Å². The quantitative estimate of drug-likeness (QED) is 0.638. The molecule has 0 aliphatic rings. The monoisotopic (exact) mass is 345 g/mol. The number of nitrogens with two attached hydrogens (primary N) is 2. The van der Waals surface area contributed by atoms with Crippen LogP contribution in [0.25, 0.3) is 12.2 Å². The molecular weight excluding hydrogens is 321 g/mol. The second-order valence-corrected chi connectivity index (χ2v) is 7.12. The largest absolute Gasteiger partial charge is 0.398 e. The smallest absolute Gasteiger partial charge is 0.130 e. The summed E-state index contributed by atoms with van der Waals surface area (Å²) in [5, 5.41) is 20.0. The normalized spacial score (nSPS) is 12.8. The van der Waals surface area contributed by atoms with Crippen LogP contribution in [0.1, 0.15) is 50.1 Å². The molecule has 5 nitrogen and oxygen atoms in total. The number of benzene rings is 1. The van der Waals surface area contributed by atoms with Gasteiger partial charge in [-0.15, -0.1) is 0 Å². The number of hydrogen-bond donors (Lipinski definition) is 4. The van der Waals surface area contributed by atoms with Gasteiger partial charge in [-0.3, -0.25) is 4.98 Å². The van der Waals surface area contributed by atoms with Crippen LogP contribution in [-0.2, 0) is 11.2 Å². The van der Waals surface area contributed by atoms with E-state index < -0.39 is 17.0 Å². The summed E-state index contributed by atoms with van der Waals surface area (Å²) >= 11 is 0. The fourth-order valence-corrected chi connectivity index (χ4v) is 2.55. The summed E-state index contributed by atoms with van der Waals surface area (Å²) in [6.07, 6.45) is 4.76. The van der Waals surface area contributed by atoms with Gasteiger partial charge in [0.25, 0.3) is 0 Å². The van der Waals surface area contributed by atoms with Crippen molar-refractivity contribution in [1.82, 2.24) is 4.98 Å². The molecule has 0 fully saturated rings. The molecule has 0 unspecified atom stereocenters. The van der Waals surface area contributed by atoms with E-state index in [2.05, 4.69) is 4.98 Å². The van der Waals surface area contributed by atoms with E-state index in [1.807, 2.05) is 0 Å². The van der Waals surface area contributed by atoms with Gasteiger partial charge in [-0.25, -0.2) is 4.39 Å². The predicted octanol–water partition coefficient (Wildman–Crippen LogP) is 3.01. The first-order valence-corrected chi connectivity index (χ1v) is 7.88. The number of aromatic nitrogens is 1. The van der Waals surface area contributed by atoms with E-state index in [9.17, 15) is 14.6 Å². The van der Waals surface area contributed by atoms with E-state index in [4.69, 9.17) is 11.5 Å². The van der Waals surface area contributed by atoms with Crippen molar-refractivity contribution in [1.29, 1.82) is 0 Å². The molecule has 0 amide bonds. The number of pyridine rings is 1. The fraction of sp³-hybridized carbons (Fsp3) is 0.316. The SMILES string of the molecule is CC(C)(O)c1cc(F)c(/C=C/c2cnc(C(C)(C)O)c(N)c2)cc1N. The van der Waals surface area contributed by atoms with Crippen molar-refractivity contribution in [3.63, 3.8) is 0 Å². The molecule has 0 aliphatic heterocycles. The Morgan fingerprint density at radius 3 is 2.12 bits per heavy atom. The molecular formula is C19H24FN3O2. The Labute approximate surface area is 146 Å². The van der Waals surface area contributed by atoms with Crippen LogP contribution in [0.3, 0.4) is 0 Å². The molecule has 6 heteroatoms. The number of hydrogen-bond acceptors (Lipinski definition) is 5. The van der Waals surface area contributed by atoms with E-state index in [1.54, 1.807) is 52.1 Å². The van der Waals surface area contributed by atoms with Gasteiger partial charge in [-0.05, 0) is 51.5 Å². The summed E-state index contributed by atoms with van der Waals surface area (Å²) in [6.45, 7) is 6.30. The molecule has 134 valence electrons. The van der Waals surface area contributed by atoms with Gasteiger partial charge < -0.3 is 21.7 Å². The van der Waals surface area contributed by atoms with Gasteiger partial charge in [0.1, 0.15) is 11.4 Å². The van der Waals surface area contributed by atoms with Gasteiger partial charge in [-0.2, -0.15) is 0 Å². The van der Waals surface area contributed by atoms with E-state index >= 15 is 0 Å². The molecule has 0 radical (unpaired) electrons. The number of nitrogens with zero attached hydrogens (tertiary/aromatic N) is 1. The predicted molar refractivity (Wildman–Crippen MR) is 98.9 cm³/mol. The molecule has 0 bridgehead atoms. The molecule has 1 heterocycles. The molecule has 1 aromatic heterocycles. The molecule has 0 saturated heterocycles. The number of nitrogen functional groups attached to an aromatic ring is 2. The zero-order valence-electron chi connectivity index (χ0n) is 14.8. The lowest BCUT2D eigenvalue weighted by Gasteiger charge is -2.20. The minimum Gasteiger partial charge on any atom is -0.398 e. The maximum absolute atomic E-state index is 14.3. The zero-order chi connectivity index (χ0) is 19.0. The summed E-state index contributed by atoms with van der Waals surface area (Å²) in [5.41, 5.74) is 11.8. The first-order chi connectivity index (χ1) is 11.4. The highest BCUT2D eigenvalue weighted by Gasteiger charge is 2.22. The summed E-state index contributed by atoms with van der Waals surface area (Å²) in [5.74, 6) is -0.489. The van der Waals surface area contributed by atoms with Crippen LogP contribution in [0.5, 0.6) is 0 Å². The summed E-state index contributed by atoms with van der Waals surface area (Å²) in [7, 11) is 0. The number of rotatable bonds is 4. The van der Waals surface area contributed by atoms with Crippen LogP contribution in [0.2, 0.25) is 0 Å². The van der Waals surface area contributed by atoms with E-state index in [1.165, 1.54) is 12.1 Å². The second-order valence-electron chi connectivity index (χ2n) is 7.12. The van der Waals surface area contributed by atoms with Crippen LogP contribution < -0.4 is 11.5 Å². The zero-order valence-corrected chi connectivity index (χ0v) is 14.8. The van der Waals surface area contributed by atoms with Crippen molar-refractivity contribution < 1.29 is 14.6 Å². The minimum absolute atomic E-state index is 0.288. The third kappa shape index (κ3) is 4.35. The van der Waals surface area contributed by atoms with E-state index in [0.717, 1.165) is 0 Å². The maximum atomic E-state index is 14.3. The number of anilines is 2. The Balaban J connectivity index is 2.34. The lowest BCUT2D eigenvalue weighted by Crippen LogP contribution is -2.19. The van der Waals surface area contributed by atoms with Crippen molar-refractivity contribution in [2.45, 2.75) is 38.9 Å². The van der Waals surface area contributed by atoms with Crippen molar-refractivity contribution in [3.05, 3.63) is 52.6 Å². The molecule has 0 spiro atoms. The van der Waals surface area contributed by atoms with Crippen molar-refractivity contribution in [3.8, 4) is 0 Å². The van der Waals surface area contributed by atoms with Crippen molar-refractivity contribution >= 4 is 23.5 Å². The van der Waals surface area contributed by atoms with Gasteiger partial charge in [0.05, 0.1) is 17.0 Å². The van der Waals surface area contributed by atoms with Gasteiger partial charge in [0, 0.05) is 23.0 Å². The summed E-state index contributed by atoms with van der Waals surface area (Å²) < 4.78 is 14.3. The Morgan fingerprint density at radius 1 is 0.960 bits per heavy atom. The molecule has 2 rings (SSSR count). The topological polar surface area (TPSA) is 105 Å². The van der Waals surface area contributed by atoms with Crippen LogP contribution in [0, 0.1) is 5.82 Å². The first kappa shape index (κ1) is 18.9. The molecule has 0 saturated carbocycles. The van der Waals surface area contributed by atoms with Gasteiger partial charge in [-0.1, -0.05) is 12.2 Å². The molecule has 2 aromatic rings. The molecule has 6 N–H and O–H groups in total. The Kier molecular flexibility index (Phi) is 4.88. The van der Waals surface area contributed by atoms with Crippen molar-refractivity contribution in [2.24, 2.45) is 0 Å². The molecule has 0 aliphatic carbocycles. The highest BCUT2D eigenvalue weighted by molar-refractivity contribution is 5.73. The van der Waals surface area contributed by atoms with Gasteiger partial charge in [0.2, 0.25) is 0 Å². The van der Waals surface area contributed by atoms with Gasteiger partial charge in [0.15, 0.2) is 0 Å². The number of halogens is 1. The third-order valence-corrected chi connectivity index (χ3v) is 3.80. The van der Waals surface area contributed by atoms with Crippen LogP contribution in [0.4, 0.5) is 15.8 Å². The number of aliphatic hydroxyl groups is 2. The third-order valence-electron chi connectivity index (χ3n) is 3.80. The Bertz CT molecular complexity index is 819. The maximum Gasteiger partial charge on any atom is 0.130 e.